The van der Waals surface area contributed by atoms with Crippen LogP contribution in [-0.2, 0) is 4.79 Å². The molecule has 2 aromatic rings. The summed E-state index contributed by atoms with van der Waals surface area (Å²) in [7, 11) is 0. The molecule has 2 amide bonds. The van der Waals surface area contributed by atoms with E-state index in [2.05, 4.69) is 14.9 Å². The van der Waals surface area contributed by atoms with Gasteiger partial charge in [0.05, 0.1) is 10.7 Å². The molecule has 1 N–H and O–H groups in total. The summed E-state index contributed by atoms with van der Waals surface area (Å²) in [5.74, 6) is -0.538. The molecule has 0 spiro atoms. The Kier molecular flexibility index (Phi) is 4.35. The molecule has 6 nitrogen and oxygen atoms in total. The Balaban J connectivity index is 1.76. The van der Waals surface area contributed by atoms with Crippen LogP contribution in [0.25, 0.3) is 0 Å². The van der Waals surface area contributed by atoms with E-state index in [0.29, 0.717) is 23.7 Å². The third kappa shape index (κ3) is 2.95. The number of para-hydroxylation sites is 1. The Morgan fingerprint density at radius 3 is 2.95 bits per heavy atom. The summed E-state index contributed by atoms with van der Waals surface area (Å²) < 4.78 is 3.65. The number of amides is 2. The molecule has 3 rings (SSSR count). The molecule has 1 aromatic carbocycles. The van der Waals surface area contributed by atoms with Crippen molar-refractivity contribution in [1.29, 1.82) is 0 Å². The van der Waals surface area contributed by atoms with Gasteiger partial charge in [-0.25, -0.2) is 0 Å². The van der Waals surface area contributed by atoms with Crippen molar-refractivity contribution in [2.75, 3.05) is 11.4 Å². The van der Waals surface area contributed by atoms with Crippen LogP contribution in [0.2, 0.25) is 5.02 Å². The Morgan fingerprint density at radius 1 is 1.41 bits per heavy atom. The normalized spacial score (nSPS) is 18.3. The van der Waals surface area contributed by atoms with Crippen molar-refractivity contribution in [2.45, 2.75) is 18.9 Å². The molecule has 1 aromatic heterocycles. The average molecular weight is 337 g/mol. The minimum absolute atomic E-state index is 0.157. The van der Waals surface area contributed by atoms with Gasteiger partial charge in [-0.05, 0) is 36.5 Å². The first-order chi connectivity index (χ1) is 10.7. The Labute approximate surface area is 136 Å². The lowest BCUT2D eigenvalue weighted by molar-refractivity contribution is -0.121. The number of hydrogen-bond acceptors (Lipinski definition) is 5. The van der Waals surface area contributed by atoms with E-state index in [0.717, 1.165) is 18.0 Å². The lowest BCUT2D eigenvalue weighted by atomic mass is 10.0. The van der Waals surface area contributed by atoms with Crippen LogP contribution in [0.3, 0.4) is 0 Å². The number of rotatable bonds is 3. The fourth-order valence-electron chi connectivity index (χ4n) is 2.41. The minimum Gasteiger partial charge on any atom is -0.339 e. The van der Waals surface area contributed by atoms with Crippen LogP contribution >= 0.6 is 23.1 Å². The lowest BCUT2D eigenvalue weighted by Gasteiger charge is -2.33. The number of hydrogen-bond donors (Lipinski definition) is 1. The molecule has 1 saturated heterocycles. The number of carbonyl (C=O) groups excluding carboxylic acids is 2. The third-order valence-electron chi connectivity index (χ3n) is 3.48. The van der Waals surface area contributed by atoms with E-state index in [1.807, 2.05) is 12.1 Å². The summed E-state index contributed by atoms with van der Waals surface area (Å²) in [6.07, 6.45) is 1.39. The molecule has 1 atom stereocenters. The molecule has 2 heterocycles. The number of carbonyl (C=O) groups is 2. The molecular weight excluding hydrogens is 324 g/mol. The molecule has 0 bridgehead atoms. The first-order valence-corrected chi connectivity index (χ1v) is 8.02. The minimum atomic E-state index is -0.570. The number of aromatic nitrogens is 2. The number of anilines is 1. The van der Waals surface area contributed by atoms with E-state index < -0.39 is 6.04 Å². The van der Waals surface area contributed by atoms with Gasteiger partial charge in [0, 0.05) is 11.9 Å². The fraction of sp³-hybridized carbons (Fsp3) is 0.286. The zero-order valence-corrected chi connectivity index (χ0v) is 13.1. The van der Waals surface area contributed by atoms with Crippen molar-refractivity contribution in [3.8, 4) is 0 Å². The highest BCUT2D eigenvalue weighted by Crippen LogP contribution is 2.28. The maximum absolute atomic E-state index is 12.6. The quantitative estimate of drug-likeness (QED) is 0.931. The summed E-state index contributed by atoms with van der Waals surface area (Å²) >= 11 is 7.25. The van der Waals surface area contributed by atoms with Crippen LogP contribution in [0.1, 0.15) is 23.3 Å². The van der Waals surface area contributed by atoms with E-state index in [-0.39, 0.29) is 17.5 Å². The topological polar surface area (TPSA) is 75.2 Å². The van der Waals surface area contributed by atoms with E-state index in [1.165, 1.54) is 0 Å². The second kappa shape index (κ2) is 6.41. The highest BCUT2D eigenvalue weighted by molar-refractivity contribution is 7.03. The molecule has 8 heteroatoms. The zero-order chi connectivity index (χ0) is 15.5. The van der Waals surface area contributed by atoms with Gasteiger partial charge >= 0.3 is 0 Å². The molecule has 0 saturated carbocycles. The number of nitrogens with one attached hydrogen (secondary N) is 1. The second-order valence-corrected chi connectivity index (χ2v) is 5.92. The number of nitrogens with zero attached hydrogens (tertiary/aromatic N) is 3. The van der Waals surface area contributed by atoms with Crippen LogP contribution in [0.4, 0.5) is 5.69 Å². The summed E-state index contributed by atoms with van der Waals surface area (Å²) in [5.41, 5.74) is 0.899. The zero-order valence-electron chi connectivity index (χ0n) is 11.5. The first kappa shape index (κ1) is 14.9. The van der Waals surface area contributed by atoms with Gasteiger partial charge in [0.1, 0.15) is 6.04 Å². The van der Waals surface area contributed by atoms with Gasteiger partial charge in [-0.15, -0.1) is 5.10 Å². The first-order valence-electron chi connectivity index (χ1n) is 6.80. The number of benzene rings is 1. The predicted molar refractivity (Wildman–Crippen MR) is 84.2 cm³/mol. The van der Waals surface area contributed by atoms with Crippen molar-refractivity contribution in [2.24, 2.45) is 0 Å². The van der Waals surface area contributed by atoms with Gasteiger partial charge in [0.2, 0.25) is 5.91 Å². The summed E-state index contributed by atoms with van der Waals surface area (Å²) in [5, 5.41) is 8.50. The molecule has 114 valence electrons. The molecule has 1 aliphatic rings. The Hall–Kier alpha value is -1.99. The van der Waals surface area contributed by atoms with Crippen molar-refractivity contribution in [3.63, 3.8) is 0 Å². The molecule has 1 fully saturated rings. The van der Waals surface area contributed by atoms with Gasteiger partial charge in [-0.3, -0.25) is 9.59 Å². The smallest absolute Gasteiger partial charge is 0.273 e. The van der Waals surface area contributed by atoms with Crippen molar-refractivity contribution in [3.05, 3.63) is 40.4 Å². The molecule has 0 unspecified atom stereocenters. The van der Waals surface area contributed by atoms with Gasteiger partial charge < -0.3 is 10.2 Å². The third-order valence-corrected chi connectivity index (χ3v) is 4.30. The van der Waals surface area contributed by atoms with Crippen molar-refractivity contribution >= 4 is 40.6 Å². The van der Waals surface area contributed by atoms with Crippen LogP contribution < -0.4 is 10.2 Å². The standard InChI is InChI=1S/C14H13ClN4O2S/c15-9-4-1-2-6-12(9)19-7-3-5-10(14(19)21)16-13(20)11-8-22-18-17-11/h1-2,4,6,8,10H,3,5,7H2,(H,16,20)/t10-/m0/s1. The van der Waals surface area contributed by atoms with Crippen molar-refractivity contribution < 1.29 is 9.59 Å². The van der Waals surface area contributed by atoms with E-state index in [4.69, 9.17) is 11.6 Å². The van der Waals surface area contributed by atoms with E-state index >= 15 is 0 Å². The average Bonchev–Trinajstić information content (AvgIpc) is 3.05. The Morgan fingerprint density at radius 2 is 2.23 bits per heavy atom. The van der Waals surface area contributed by atoms with Gasteiger partial charge in [0.15, 0.2) is 5.69 Å². The van der Waals surface area contributed by atoms with E-state index in [1.54, 1.807) is 22.4 Å². The van der Waals surface area contributed by atoms with Crippen LogP contribution in [-0.4, -0.2) is 34.0 Å². The predicted octanol–water partition coefficient (Wildman–Crippen LogP) is 2.12. The van der Waals surface area contributed by atoms with E-state index in [9.17, 15) is 9.59 Å². The van der Waals surface area contributed by atoms with Crippen LogP contribution in [0.15, 0.2) is 29.6 Å². The van der Waals surface area contributed by atoms with Crippen LogP contribution in [0, 0.1) is 0 Å². The molecular formula is C14H13ClN4O2S. The maximum atomic E-state index is 12.6. The highest BCUT2D eigenvalue weighted by Gasteiger charge is 2.32. The monoisotopic (exact) mass is 336 g/mol. The maximum Gasteiger partial charge on any atom is 0.273 e. The van der Waals surface area contributed by atoms with Crippen LogP contribution in [0.5, 0.6) is 0 Å². The lowest BCUT2D eigenvalue weighted by Crippen LogP contribution is -2.52. The van der Waals surface area contributed by atoms with Gasteiger partial charge in [-0.2, -0.15) is 0 Å². The SMILES string of the molecule is O=C(N[C@H]1CCCN(c2ccccc2Cl)C1=O)c1csnn1. The fourth-order valence-corrected chi connectivity index (χ4v) is 3.09. The summed E-state index contributed by atoms with van der Waals surface area (Å²) in [6.45, 7) is 0.590. The van der Waals surface area contributed by atoms with Gasteiger partial charge in [0.25, 0.3) is 5.91 Å². The second-order valence-electron chi connectivity index (χ2n) is 4.90. The molecule has 0 radical (unpaired) electrons. The molecule has 22 heavy (non-hydrogen) atoms. The Bertz CT molecular complexity index is 692. The molecule has 1 aliphatic heterocycles. The van der Waals surface area contributed by atoms with Gasteiger partial charge in [-0.1, -0.05) is 28.2 Å². The highest BCUT2D eigenvalue weighted by atomic mass is 35.5. The number of piperidine rings is 1. The summed E-state index contributed by atoms with van der Waals surface area (Å²) in [4.78, 5) is 26.2. The largest absolute Gasteiger partial charge is 0.339 e. The summed E-state index contributed by atoms with van der Waals surface area (Å²) in [6, 6.07) is 6.62. The van der Waals surface area contributed by atoms with Crippen molar-refractivity contribution in [1.82, 2.24) is 14.9 Å². The molecule has 0 aliphatic carbocycles. The number of halogens is 1.